The predicted molar refractivity (Wildman–Crippen MR) is 107 cm³/mol. The molecule has 3 aromatic rings. The molecular weight excluding hydrogens is 356 g/mol. The molecule has 5 heteroatoms. The molecule has 28 heavy (non-hydrogen) atoms. The maximum Gasteiger partial charge on any atom is 0.311 e. The molecule has 0 spiro atoms. The van der Waals surface area contributed by atoms with Crippen molar-refractivity contribution in [3.63, 3.8) is 0 Å². The van der Waals surface area contributed by atoms with Crippen molar-refractivity contribution in [2.45, 2.75) is 12.3 Å². The van der Waals surface area contributed by atoms with Crippen LogP contribution in [0.25, 0.3) is 0 Å². The summed E-state index contributed by atoms with van der Waals surface area (Å²) in [6.07, 6.45) is 0.390. The zero-order valence-corrected chi connectivity index (χ0v) is 15.8. The molecule has 0 radical (unpaired) electrons. The summed E-state index contributed by atoms with van der Waals surface area (Å²) in [7, 11) is 3.19. The van der Waals surface area contributed by atoms with Crippen LogP contribution in [0.5, 0.6) is 23.0 Å². The molecule has 0 aliphatic carbocycles. The molecule has 3 rings (SSSR count). The molecule has 0 heterocycles. The van der Waals surface area contributed by atoms with E-state index in [2.05, 4.69) is 0 Å². The maximum atomic E-state index is 11.8. The Kier molecular flexibility index (Phi) is 6.17. The zero-order valence-electron chi connectivity index (χ0n) is 15.8. The fourth-order valence-electron chi connectivity index (χ4n) is 2.91. The number of benzene rings is 3. The summed E-state index contributed by atoms with van der Waals surface area (Å²) < 4.78 is 16.2. The van der Waals surface area contributed by atoms with Gasteiger partial charge in [0, 0.05) is 6.07 Å². The van der Waals surface area contributed by atoms with Gasteiger partial charge in [-0.3, -0.25) is 4.79 Å². The van der Waals surface area contributed by atoms with E-state index < -0.39 is 11.9 Å². The van der Waals surface area contributed by atoms with Crippen molar-refractivity contribution in [1.29, 1.82) is 0 Å². The average Bonchev–Trinajstić information content (AvgIpc) is 2.73. The molecule has 3 aromatic carbocycles. The van der Waals surface area contributed by atoms with E-state index >= 15 is 0 Å². The van der Waals surface area contributed by atoms with Crippen molar-refractivity contribution < 1.29 is 24.1 Å². The van der Waals surface area contributed by atoms with Gasteiger partial charge in [0.15, 0.2) is 0 Å². The molecule has 144 valence electrons. The van der Waals surface area contributed by atoms with Crippen LogP contribution >= 0.6 is 0 Å². The molecule has 0 bridgehead atoms. The van der Waals surface area contributed by atoms with Crippen LogP contribution in [-0.2, 0) is 11.2 Å². The summed E-state index contributed by atoms with van der Waals surface area (Å²) in [4.78, 5) is 11.8. The van der Waals surface area contributed by atoms with Gasteiger partial charge in [-0.1, -0.05) is 30.3 Å². The first-order valence-corrected chi connectivity index (χ1v) is 8.86. The highest BCUT2D eigenvalue weighted by Crippen LogP contribution is 2.27. The Labute approximate surface area is 164 Å². The summed E-state index contributed by atoms with van der Waals surface area (Å²) in [5.41, 5.74) is 1.66. The smallest absolute Gasteiger partial charge is 0.311 e. The molecule has 0 fully saturated rings. The monoisotopic (exact) mass is 378 g/mol. The molecular formula is C23H22O5. The summed E-state index contributed by atoms with van der Waals surface area (Å²) >= 11 is 0. The van der Waals surface area contributed by atoms with Crippen molar-refractivity contribution in [1.82, 2.24) is 0 Å². The normalized spacial score (nSPS) is 11.5. The lowest BCUT2D eigenvalue weighted by atomic mass is 9.92. The van der Waals surface area contributed by atoms with Gasteiger partial charge in [-0.15, -0.1) is 0 Å². The number of hydrogen-bond acceptors (Lipinski definition) is 4. The lowest BCUT2D eigenvalue weighted by molar-refractivity contribution is -0.138. The minimum absolute atomic E-state index is 0.390. The van der Waals surface area contributed by atoms with Crippen LogP contribution < -0.4 is 14.2 Å². The average molecular weight is 378 g/mol. The van der Waals surface area contributed by atoms with Crippen LogP contribution in [0.1, 0.15) is 17.0 Å². The first-order chi connectivity index (χ1) is 13.6. The van der Waals surface area contributed by atoms with E-state index in [1.807, 2.05) is 42.5 Å². The highest BCUT2D eigenvalue weighted by molar-refractivity contribution is 5.76. The molecule has 1 atom stereocenters. The molecule has 0 saturated carbocycles. The summed E-state index contributed by atoms with van der Waals surface area (Å²) in [5, 5.41) is 9.65. The fraction of sp³-hybridized carbons (Fsp3) is 0.174. The van der Waals surface area contributed by atoms with Gasteiger partial charge >= 0.3 is 5.97 Å². The van der Waals surface area contributed by atoms with Crippen LogP contribution in [0.4, 0.5) is 0 Å². The number of carboxylic acid groups (broad SMARTS) is 1. The lowest BCUT2D eigenvalue weighted by Gasteiger charge is -2.14. The maximum absolute atomic E-state index is 11.8. The van der Waals surface area contributed by atoms with Crippen molar-refractivity contribution >= 4 is 5.97 Å². The van der Waals surface area contributed by atoms with Gasteiger partial charge in [0.2, 0.25) is 0 Å². The van der Waals surface area contributed by atoms with Gasteiger partial charge in [-0.05, 0) is 53.9 Å². The van der Waals surface area contributed by atoms with E-state index in [0.29, 0.717) is 23.7 Å². The molecule has 0 amide bonds. The van der Waals surface area contributed by atoms with Gasteiger partial charge in [-0.2, -0.15) is 0 Å². The Bertz CT molecular complexity index is 916. The third-order valence-electron chi connectivity index (χ3n) is 4.46. The first kappa shape index (κ1) is 19.3. The number of aliphatic carboxylic acids is 1. The fourth-order valence-corrected chi connectivity index (χ4v) is 2.91. The second kappa shape index (κ2) is 8.95. The van der Waals surface area contributed by atoms with E-state index in [1.54, 1.807) is 44.6 Å². The van der Waals surface area contributed by atoms with Gasteiger partial charge in [0.1, 0.15) is 23.0 Å². The van der Waals surface area contributed by atoms with Crippen molar-refractivity contribution in [3.05, 3.63) is 83.9 Å². The standard InChI is InChI=1S/C23H22O5/c1-26-18-12-8-17(9-13-18)22(23(24)25)14-16-6-10-19(11-7-16)28-21-5-3-4-20(15-21)27-2/h3-13,15,22H,14H2,1-2H3,(H,24,25). The molecule has 0 aromatic heterocycles. The molecule has 0 aliphatic heterocycles. The molecule has 1 N–H and O–H groups in total. The highest BCUT2D eigenvalue weighted by atomic mass is 16.5. The van der Waals surface area contributed by atoms with E-state index in [-0.39, 0.29) is 0 Å². The topological polar surface area (TPSA) is 65.0 Å². The molecule has 5 nitrogen and oxygen atoms in total. The summed E-state index contributed by atoms with van der Waals surface area (Å²) in [5.74, 6) is 1.28. The van der Waals surface area contributed by atoms with Crippen LogP contribution in [0.15, 0.2) is 72.8 Å². The predicted octanol–water partition coefficient (Wildman–Crippen LogP) is 4.91. The van der Waals surface area contributed by atoms with Crippen molar-refractivity contribution in [3.8, 4) is 23.0 Å². The summed E-state index contributed by atoms with van der Waals surface area (Å²) in [6, 6.07) is 21.9. The van der Waals surface area contributed by atoms with Gasteiger partial charge < -0.3 is 19.3 Å². The number of methoxy groups -OCH3 is 2. The molecule has 0 aliphatic rings. The zero-order chi connectivity index (χ0) is 19.9. The van der Waals surface area contributed by atoms with Crippen molar-refractivity contribution in [2.75, 3.05) is 14.2 Å². The van der Waals surface area contributed by atoms with Gasteiger partial charge in [0.25, 0.3) is 0 Å². The second-order valence-corrected chi connectivity index (χ2v) is 6.29. The van der Waals surface area contributed by atoms with Crippen LogP contribution in [0, 0.1) is 0 Å². The largest absolute Gasteiger partial charge is 0.497 e. The third kappa shape index (κ3) is 4.82. The van der Waals surface area contributed by atoms with Crippen LogP contribution in [0.3, 0.4) is 0 Å². The van der Waals surface area contributed by atoms with Gasteiger partial charge in [0.05, 0.1) is 20.1 Å². The lowest BCUT2D eigenvalue weighted by Crippen LogP contribution is -2.14. The third-order valence-corrected chi connectivity index (χ3v) is 4.46. The SMILES string of the molecule is COc1ccc(C(Cc2ccc(Oc3cccc(OC)c3)cc2)C(=O)O)cc1. The number of hydrogen-bond donors (Lipinski definition) is 1. The summed E-state index contributed by atoms with van der Waals surface area (Å²) in [6.45, 7) is 0. The number of carbonyl (C=O) groups is 1. The Morgan fingerprint density at radius 2 is 1.43 bits per heavy atom. The quantitative estimate of drug-likeness (QED) is 0.603. The van der Waals surface area contributed by atoms with E-state index in [9.17, 15) is 9.90 Å². The minimum atomic E-state index is -0.859. The Morgan fingerprint density at radius 3 is 2.04 bits per heavy atom. The van der Waals surface area contributed by atoms with E-state index in [4.69, 9.17) is 14.2 Å². The van der Waals surface area contributed by atoms with Crippen LogP contribution in [0.2, 0.25) is 0 Å². The Balaban J connectivity index is 1.71. The number of ether oxygens (including phenoxy) is 3. The highest BCUT2D eigenvalue weighted by Gasteiger charge is 2.20. The van der Waals surface area contributed by atoms with Gasteiger partial charge in [-0.25, -0.2) is 0 Å². The minimum Gasteiger partial charge on any atom is -0.497 e. The van der Waals surface area contributed by atoms with Crippen LogP contribution in [-0.4, -0.2) is 25.3 Å². The molecule has 0 saturated heterocycles. The number of rotatable bonds is 8. The first-order valence-electron chi connectivity index (χ1n) is 8.86. The van der Waals surface area contributed by atoms with E-state index in [1.165, 1.54) is 0 Å². The van der Waals surface area contributed by atoms with E-state index in [0.717, 1.165) is 16.9 Å². The Morgan fingerprint density at radius 1 is 0.821 bits per heavy atom. The Hall–Kier alpha value is -3.47. The van der Waals surface area contributed by atoms with Crippen molar-refractivity contribution in [2.24, 2.45) is 0 Å². The molecule has 1 unspecified atom stereocenters. The second-order valence-electron chi connectivity index (χ2n) is 6.29. The number of carboxylic acids is 1.